The molecule has 0 unspecified atom stereocenters. The van der Waals surface area contributed by atoms with Crippen molar-refractivity contribution in [2.24, 2.45) is 0 Å². The molecule has 4 aromatic carbocycles. The number of carbonyl (C=O) groups is 1. The highest BCUT2D eigenvalue weighted by Gasteiger charge is 2.45. The molecule has 40 heavy (non-hydrogen) atoms. The predicted molar refractivity (Wildman–Crippen MR) is 170 cm³/mol. The van der Waals surface area contributed by atoms with Crippen molar-refractivity contribution in [3.8, 4) is 0 Å². The second kappa shape index (κ2) is 12.0. The van der Waals surface area contributed by atoms with Crippen LogP contribution in [0.15, 0.2) is 109 Å². The number of piperidine rings is 1. The molecular formula is C36H41NO2P+. The van der Waals surface area contributed by atoms with Crippen molar-refractivity contribution in [3.63, 3.8) is 0 Å². The quantitative estimate of drug-likeness (QED) is 0.231. The lowest BCUT2D eigenvalue weighted by atomic mass is 9.88. The minimum atomic E-state index is -1.94. The van der Waals surface area contributed by atoms with Gasteiger partial charge < -0.3 is 9.64 Å². The topological polar surface area (TPSA) is 29.5 Å². The molecule has 0 bridgehead atoms. The second-order valence-electron chi connectivity index (χ2n) is 11.9. The third-order valence-electron chi connectivity index (χ3n) is 7.98. The second-order valence-corrected chi connectivity index (χ2v) is 15.4. The molecule has 0 spiro atoms. The van der Waals surface area contributed by atoms with Gasteiger partial charge in [0, 0.05) is 13.1 Å². The van der Waals surface area contributed by atoms with E-state index in [1.165, 1.54) is 32.6 Å². The molecule has 0 aromatic heterocycles. The number of likely N-dealkylation sites (tertiary alicyclic amines) is 1. The first kappa shape index (κ1) is 28.1. The van der Waals surface area contributed by atoms with Crippen LogP contribution < -0.4 is 15.9 Å². The molecule has 1 aliphatic heterocycles. The number of hydrogen-bond acceptors (Lipinski definition) is 2. The highest BCUT2D eigenvalue weighted by atomic mass is 31.2. The first-order valence-electron chi connectivity index (χ1n) is 14.4. The first-order chi connectivity index (χ1) is 19.3. The van der Waals surface area contributed by atoms with Crippen LogP contribution in [0, 0.1) is 6.92 Å². The van der Waals surface area contributed by atoms with Gasteiger partial charge in [0.15, 0.2) is 0 Å². The van der Waals surface area contributed by atoms with Crippen LogP contribution in [0.5, 0.6) is 0 Å². The van der Waals surface area contributed by atoms with Crippen LogP contribution in [0.25, 0.3) is 0 Å². The normalized spacial score (nSPS) is 14.7. The van der Waals surface area contributed by atoms with Crippen LogP contribution in [0.2, 0.25) is 0 Å². The fourth-order valence-corrected chi connectivity index (χ4v) is 10.2. The van der Waals surface area contributed by atoms with E-state index in [9.17, 15) is 4.79 Å². The maximum absolute atomic E-state index is 12.5. The van der Waals surface area contributed by atoms with Crippen LogP contribution >= 0.6 is 7.26 Å². The summed E-state index contributed by atoms with van der Waals surface area (Å²) in [5, 5.41) is 4.22. The SMILES string of the molecule is Cc1cc(C2CCN(C(=O)OC(C)(C)C)CC2)ccc1C[P+](c1ccccc1)(c1ccccc1)c1ccccc1. The van der Waals surface area contributed by atoms with Gasteiger partial charge >= 0.3 is 6.09 Å². The lowest BCUT2D eigenvalue weighted by Crippen LogP contribution is -2.41. The fourth-order valence-electron chi connectivity index (χ4n) is 5.90. The Labute approximate surface area is 240 Å². The van der Waals surface area contributed by atoms with Crippen LogP contribution in [0.1, 0.15) is 56.2 Å². The third kappa shape index (κ3) is 6.16. The Morgan fingerprint density at radius 2 is 1.25 bits per heavy atom. The Bertz CT molecular complexity index is 1310. The van der Waals surface area contributed by atoms with E-state index in [-0.39, 0.29) is 6.09 Å². The zero-order chi connectivity index (χ0) is 28.2. The number of rotatable bonds is 6. The Balaban J connectivity index is 1.44. The van der Waals surface area contributed by atoms with Gasteiger partial charge in [0.05, 0.1) is 6.16 Å². The van der Waals surface area contributed by atoms with E-state index >= 15 is 0 Å². The number of amides is 1. The molecule has 5 rings (SSSR count). The smallest absolute Gasteiger partial charge is 0.410 e. The minimum Gasteiger partial charge on any atom is -0.444 e. The van der Waals surface area contributed by atoms with E-state index in [1.807, 2.05) is 25.7 Å². The van der Waals surface area contributed by atoms with Gasteiger partial charge in [0.25, 0.3) is 0 Å². The van der Waals surface area contributed by atoms with Crippen LogP contribution in [-0.4, -0.2) is 29.7 Å². The summed E-state index contributed by atoms with van der Waals surface area (Å²) >= 11 is 0. The molecule has 0 aliphatic carbocycles. The third-order valence-corrected chi connectivity index (χ3v) is 12.3. The summed E-state index contributed by atoms with van der Waals surface area (Å²) in [5.41, 5.74) is 3.67. The molecule has 1 saturated heterocycles. The zero-order valence-electron chi connectivity index (χ0n) is 24.2. The van der Waals surface area contributed by atoms with Crippen molar-refractivity contribution in [1.29, 1.82) is 0 Å². The maximum Gasteiger partial charge on any atom is 0.410 e. The standard InChI is InChI=1S/C36H41NO2P/c1-28-26-30(29-22-24-37(25-23-29)35(38)39-36(2,3)4)20-21-31(28)27-40(32-14-8-5-9-15-32,33-16-10-6-11-17-33)34-18-12-7-13-19-34/h5-21,26,29H,22-25,27H2,1-4H3/q+1. The van der Waals surface area contributed by atoms with E-state index < -0.39 is 12.9 Å². The van der Waals surface area contributed by atoms with E-state index in [0.717, 1.165) is 32.1 Å². The molecule has 206 valence electrons. The average Bonchev–Trinajstić information content (AvgIpc) is 2.97. The van der Waals surface area contributed by atoms with Gasteiger partial charge in [-0.05, 0) is 99.5 Å². The first-order valence-corrected chi connectivity index (χ1v) is 16.4. The summed E-state index contributed by atoms with van der Waals surface area (Å²) in [7, 11) is -1.94. The summed E-state index contributed by atoms with van der Waals surface area (Å²) in [6.45, 7) is 9.52. The molecule has 1 heterocycles. The number of carbonyl (C=O) groups excluding carboxylic acids is 1. The minimum absolute atomic E-state index is 0.194. The predicted octanol–water partition coefficient (Wildman–Crippen LogP) is 7.60. The van der Waals surface area contributed by atoms with Crippen LogP contribution in [0.3, 0.4) is 0 Å². The Kier molecular flexibility index (Phi) is 8.43. The number of aryl methyl sites for hydroxylation is 1. The Morgan fingerprint density at radius 1 is 0.775 bits per heavy atom. The van der Waals surface area contributed by atoms with Crippen molar-refractivity contribution >= 4 is 29.3 Å². The molecule has 0 radical (unpaired) electrons. The van der Waals surface area contributed by atoms with Crippen molar-refractivity contribution in [3.05, 3.63) is 126 Å². The van der Waals surface area contributed by atoms with E-state index in [1.54, 1.807) is 0 Å². The van der Waals surface area contributed by atoms with Crippen molar-refractivity contribution in [1.82, 2.24) is 4.90 Å². The number of nitrogens with zero attached hydrogens (tertiary/aromatic N) is 1. The molecule has 1 aliphatic rings. The number of benzene rings is 4. The monoisotopic (exact) mass is 550 g/mol. The van der Waals surface area contributed by atoms with Crippen molar-refractivity contribution in [2.45, 2.75) is 58.2 Å². The summed E-state index contributed by atoms with van der Waals surface area (Å²) in [4.78, 5) is 14.4. The molecule has 1 amide bonds. The van der Waals surface area contributed by atoms with Gasteiger partial charge in [-0.3, -0.25) is 0 Å². The molecule has 4 aromatic rings. The highest BCUT2D eigenvalue weighted by molar-refractivity contribution is 7.95. The zero-order valence-corrected chi connectivity index (χ0v) is 25.1. The summed E-state index contributed by atoms with van der Waals surface area (Å²) < 4.78 is 5.60. The summed E-state index contributed by atoms with van der Waals surface area (Å²) in [5.74, 6) is 0.461. The van der Waals surface area contributed by atoms with Crippen molar-refractivity contribution in [2.75, 3.05) is 13.1 Å². The lowest BCUT2D eigenvalue weighted by Gasteiger charge is -2.34. The number of hydrogen-bond donors (Lipinski definition) is 0. The van der Waals surface area contributed by atoms with E-state index in [4.69, 9.17) is 4.74 Å². The van der Waals surface area contributed by atoms with Gasteiger partial charge in [0.1, 0.15) is 28.8 Å². The Hall–Kier alpha value is -3.42. The van der Waals surface area contributed by atoms with Gasteiger partial charge in [-0.1, -0.05) is 72.8 Å². The van der Waals surface area contributed by atoms with Crippen molar-refractivity contribution < 1.29 is 9.53 Å². The Morgan fingerprint density at radius 3 is 1.68 bits per heavy atom. The maximum atomic E-state index is 12.5. The largest absolute Gasteiger partial charge is 0.444 e. The average molecular weight is 551 g/mol. The molecule has 3 nitrogen and oxygen atoms in total. The van der Waals surface area contributed by atoms with Crippen LogP contribution in [0.4, 0.5) is 4.79 Å². The molecule has 0 saturated carbocycles. The van der Waals surface area contributed by atoms with E-state index in [2.05, 4.69) is 116 Å². The van der Waals surface area contributed by atoms with E-state index in [0.29, 0.717) is 5.92 Å². The summed E-state index contributed by atoms with van der Waals surface area (Å²) in [6, 6.07) is 40.4. The highest BCUT2D eigenvalue weighted by Crippen LogP contribution is 2.58. The molecule has 0 atom stereocenters. The molecular weight excluding hydrogens is 509 g/mol. The number of ether oxygens (including phenoxy) is 1. The lowest BCUT2D eigenvalue weighted by molar-refractivity contribution is 0.0205. The summed E-state index contributed by atoms with van der Waals surface area (Å²) in [6.07, 6.45) is 2.72. The van der Waals surface area contributed by atoms with Gasteiger partial charge in [-0.25, -0.2) is 4.79 Å². The molecule has 1 fully saturated rings. The fraction of sp³-hybridized carbons (Fsp3) is 0.306. The molecule has 4 heteroatoms. The van der Waals surface area contributed by atoms with Gasteiger partial charge in [-0.2, -0.15) is 0 Å². The van der Waals surface area contributed by atoms with Gasteiger partial charge in [-0.15, -0.1) is 0 Å². The van der Waals surface area contributed by atoms with Crippen LogP contribution in [-0.2, 0) is 10.9 Å². The van der Waals surface area contributed by atoms with Gasteiger partial charge in [0.2, 0.25) is 0 Å². The molecule has 0 N–H and O–H groups in total.